The first kappa shape index (κ1) is 15.2. The highest BCUT2D eigenvalue weighted by Crippen LogP contribution is 2.25. The normalized spacial score (nSPS) is 19.9. The molecule has 6 heteroatoms. The molecule has 1 amide bonds. The van der Waals surface area contributed by atoms with Gasteiger partial charge in [0, 0.05) is 12.8 Å². The molecular formula is C15H16FNO4. The van der Waals surface area contributed by atoms with Gasteiger partial charge in [0.2, 0.25) is 0 Å². The lowest BCUT2D eigenvalue weighted by molar-refractivity contribution is -0.141. The van der Waals surface area contributed by atoms with Crippen LogP contribution in [0.4, 0.5) is 4.39 Å². The maximum absolute atomic E-state index is 13.5. The van der Waals surface area contributed by atoms with Crippen LogP contribution in [0.25, 0.3) is 0 Å². The summed E-state index contributed by atoms with van der Waals surface area (Å²) in [6.45, 7) is 0. The maximum atomic E-state index is 13.5. The molecular weight excluding hydrogens is 277 g/mol. The third kappa shape index (κ3) is 3.65. The Morgan fingerprint density at radius 3 is 2.67 bits per heavy atom. The molecule has 5 nitrogen and oxygen atoms in total. The number of carboxylic acids is 1. The van der Waals surface area contributed by atoms with Crippen molar-refractivity contribution in [2.24, 2.45) is 5.92 Å². The van der Waals surface area contributed by atoms with E-state index in [4.69, 9.17) is 0 Å². The largest absolute Gasteiger partial charge is 0.480 e. The number of ketones is 1. The lowest BCUT2D eigenvalue weighted by Gasteiger charge is -2.27. The minimum Gasteiger partial charge on any atom is -0.480 e. The van der Waals surface area contributed by atoms with Crippen LogP contribution in [0.3, 0.4) is 0 Å². The van der Waals surface area contributed by atoms with Crippen LogP contribution in [-0.2, 0) is 9.59 Å². The van der Waals surface area contributed by atoms with E-state index in [2.05, 4.69) is 5.32 Å². The summed E-state index contributed by atoms with van der Waals surface area (Å²) in [5.74, 6) is -3.14. The summed E-state index contributed by atoms with van der Waals surface area (Å²) in [5, 5.41) is 11.6. The standard InChI is InChI=1S/C15H16FNO4/c16-12-7-2-1-6-11(12)14(19)17-13(15(20)21)9-4-3-5-10(18)8-9/h1-2,6-7,9,13H,3-5,8H2,(H,17,19)(H,20,21)/t9-,13-/m1/s1. The highest BCUT2D eigenvalue weighted by Gasteiger charge is 2.33. The number of hydrogen-bond donors (Lipinski definition) is 2. The van der Waals surface area contributed by atoms with Crippen LogP contribution in [0, 0.1) is 11.7 Å². The Hall–Kier alpha value is -2.24. The first-order valence-corrected chi connectivity index (χ1v) is 6.79. The average molecular weight is 293 g/mol. The zero-order chi connectivity index (χ0) is 15.4. The molecule has 0 aliphatic heterocycles. The lowest BCUT2D eigenvalue weighted by atomic mass is 9.83. The van der Waals surface area contributed by atoms with Crippen LogP contribution in [-0.4, -0.2) is 28.8 Å². The summed E-state index contributed by atoms with van der Waals surface area (Å²) >= 11 is 0. The number of halogens is 1. The van der Waals surface area contributed by atoms with E-state index in [1.165, 1.54) is 18.2 Å². The summed E-state index contributed by atoms with van der Waals surface area (Å²) in [5.41, 5.74) is -0.203. The number of benzene rings is 1. The second kappa shape index (κ2) is 6.47. The summed E-state index contributed by atoms with van der Waals surface area (Å²) in [6.07, 6.45) is 1.75. The Balaban J connectivity index is 2.13. The lowest BCUT2D eigenvalue weighted by Crippen LogP contribution is -2.47. The zero-order valence-electron chi connectivity index (χ0n) is 11.3. The minimum absolute atomic E-state index is 0.00218. The van der Waals surface area contributed by atoms with E-state index in [0.29, 0.717) is 19.3 Å². The van der Waals surface area contributed by atoms with E-state index in [-0.39, 0.29) is 17.8 Å². The highest BCUT2D eigenvalue weighted by molar-refractivity contribution is 5.97. The maximum Gasteiger partial charge on any atom is 0.326 e. The minimum atomic E-state index is -1.21. The number of carbonyl (C=O) groups is 3. The molecule has 1 aliphatic carbocycles. The monoisotopic (exact) mass is 293 g/mol. The van der Waals surface area contributed by atoms with E-state index < -0.39 is 29.7 Å². The molecule has 0 unspecified atom stereocenters. The molecule has 0 saturated heterocycles. The zero-order valence-corrected chi connectivity index (χ0v) is 11.3. The molecule has 0 bridgehead atoms. The number of carbonyl (C=O) groups excluding carboxylic acids is 2. The number of amides is 1. The second-order valence-electron chi connectivity index (χ2n) is 5.16. The molecule has 1 saturated carbocycles. The van der Waals surface area contributed by atoms with Gasteiger partial charge in [0.15, 0.2) is 0 Å². The smallest absolute Gasteiger partial charge is 0.326 e. The van der Waals surface area contributed by atoms with E-state index >= 15 is 0 Å². The molecule has 2 atom stereocenters. The fourth-order valence-electron chi connectivity index (χ4n) is 2.59. The molecule has 0 spiro atoms. The predicted molar refractivity (Wildman–Crippen MR) is 72.3 cm³/mol. The van der Waals surface area contributed by atoms with Gasteiger partial charge in [0.1, 0.15) is 17.6 Å². The van der Waals surface area contributed by atoms with Gasteiger partial charge in [-0.1, -0.05) is 12.1 Å². The highest BCUT2D eigenvalue weighted by atomic mass is 19.1. The van der Waals surface area contributed by atoms with Crippen LogP contribution in [0.15, 0.2) is 24.3 Å². The number of nitrogens with one attached hydrogen (secondary N) is 1. The quantitative estimate of drug-likeness (QED) is 0.886. The van der Waals surface area contributed by atoms with Crippen LogP contribution in [0.5, 0.6) is 0 Å². The van der Waals surface area contributed by atoms with E-state index in [9.17, 15) is 23.9 Å². The van der Waals surface area contributed by atoms with Crippen molar-refractivity contribution < 1.29 is 23.9 Å². The fourth-order valence-corrected chi connectivity index (χ4v) is 2.59. The van der Waals surface area contributed by atoms with Gasteiger partial charge < -0.3 is 10.4 Å². The Morgan fingerprint density at radius 1 is 1.33 bits per heavy atom. The molecule has 2 N–H and O–H groups in total. The molecule has 0 radical (unpaired) electrons. The molecule has 1 fully saturated rings. The third-order valence-corrected chi connectivity index (χ3v) is 3.66. The Kier molecular flexibility index (Phi) is 4.67. The fraction of sp³-hybridized carbons (Fsp3) is 0.400. The van der Waals surface area contributed by atoms with Crippen molar-refractivity contribution in [1.82, 2.24) is 5.32 Å². The van der Waals surface area contributed by atoms with Crippen LogP contribution >= 0.6 is 0 Å². The van der Waals surface area contributed by atoms with Gasteiger partial charge >= 0.3 is 5.97 Å². The van der Waals surface area contributed by atoms with Gasteiger partial charge in [-0.15, -0.1) is 0 Å². The van der Waals surface area contributed by atoms with Crippen molar-refractivity contribution in [3.8, 4) is 0 Å². The van der Waals surface area contributed by atoms with Crippen LogP contribution in [0.2, 0.25) is 0 Å². The number of carboxylic acid groups (broad SMARTS) is 1. The van der Waals surface area contributed by atoms with E-state index in [1.54, 1.807) is 0 Å². The SMILES string of the molecule is O=C1CCC[C@@H]([C@@H](NC(=O)c2ccccc2F)C(=O)O)C1. The van der Waals surface area contributed by atoms with Crippen molar-refractivity contribution in [3.05, 3.63) is 35.6 Å². The van der Waals surface area contributed by atoms with Crippen LogP contribution < -0.4 is 5.32 Å². The van der Waals surface area contributed by atoms with Gasteiger partial charge in [-0.25, -0.2) is 9.18 Å². The molecule has 112 valence electrons. The number of hydrogen-bond acceptors (Lipinski definition) is 3. The topological polar surface area (TPSA) is 83.5 Å². The first-order chi connectivity index (χ1) is 9.99. The summed E-state index contributed by atoms with van der Waals surface area (Å²) < 4.78 is 13.5. The first-order valence-electron chi connectivity index (χ1n) is 6.79. The molecule has 0 aromatic heterocycles. The predicted octanol–water partition coefficient (Wildman–Crippen LogP) is 1.77. The van der Waals surface area contributed by atoms with Crippen molar-refractivity contribution >= 4 is 17.7 Å². The van der Waals surface area contributed by atoms with Gasteiger partial charge in [0.05, 0.1) is 5.56 Å². The van der Waals surface area contributed by atoms with Gasteiger partial charge in [-0.3, -0.25) is 9.59 Å². The van der Waals surface area contributed by atoms with Crippen molar-refractivity contribution in [3.63, 3.8) is 0 Å². The molecule has 0 heterocycles. The van der Waals surface area contributed by atoms with Crippen LogP contribution in [0.1, 0.15) is 36.0 Å². The number of aliphatic carboxylic acids is 1. The van der Waals surface area contributed by atoms with E-state index in [1.807, 2.05) is 0 Å². The van der Waals surface area contributed by atoms with Crippen molar-refractivity contribution in [2.75, 3.05) is 0 Å². The third-order valence-electron chi connectivity index (χ3n) is 3.66. The van der Waals surface area contributed by atoms with Gasteiger partial charge in [-0.05, 0) is 30.9 Å². The Bertz CT molecular complexity index is 573. The molecule has 21 heavy (non-hydrogen) atoms. The van der Waals surface area contributed by atoms with Gasteiger partial charge in [0.25, 0.3) is 5.91 Å². The Labute approximate surface area is 121 Å². The molecule has 1 aromatic rings. The summed E-state index contributed by atoms with van der Waals surface area (Å²) in [7, 11) is 0. The number of rotatable bonds is 4. The van der Waals surface area contributed by atoms with Gasteiger partial charge in [-0.2, -0.15) is 0 Å². The average Bonchev–Trinajstić information content (AvgIpc) is 2.44. The Morgan fingerprint density at radius 2 is 2.05 bits per heavy atom. The molecule has 1 aromatic carbocycles. The van der Waals surface area contributed by atoms with Crippen molar-refractivity contribution in [2.45, 2.75) is 31.7 Å². The summed E-state index contributed by atoms with van der Waals surface area (Å²) in [6, 6.07) is 4.18. The second-order valence-corrected chi connectivity index (χ2v) is 5.16. The molecule has 2 rings (SSSR count). The number of Topliss-reactive ketones (excluding diaryl/α,β-unsaturated/α-hetero) is 1. The molecule has 1 aliphatic rings. The van der Waals surface area contributed by atoms with E-state index in [0.717, 1.165) is 6.07 Å². The van der Waals surface area contributed by atoms with Crippen molar-refractivity contribution in [1.29, 1.82) is 0 Å². The summed E-state index contributed by atoms with van der Waals surface area (Å²) in [4.78, 5) is 34.8.